The summed E-state index contributed by atoms with van der Waals surface area (Å²) in [6, 6.07) is 46.2. The van der Waals surface area contributed by atoms with E-state index in [1.807, 2.05) is 0 Å². The predicted octanol–water partition coefficient (Wildman–Crippen LogP) is 19.8. The van der Waals surface area contributed by atoms with Crippen LogP contribution in [0, 0.1) is 0 Å². The fourth-order valence-corrected chi connectivity index (χ4v) is 10.8. The number of H-pyrrole nitrogens is 2. The lowest BCUT2D eigenvalue weighted by molar-refractivity contribution is 0.667. The van der Waals surface area contributed by atoms with E-state index in [1.165, 1.54) is 131 Å². The van der Waals surface area contributed by atoms with Crippen LogP contribution in [0.15, 0.2) is 121 Å². The number of fused-ring (bicyclic) bond motifs is 8. The third-order valence-electron chi connectivity index (χ3n) is 15.0. The van der Waals surface area contributed by atoms with Crippen molar-refractivity contribution in [3.8, 4) is 44.5 Å². The number of benzene rings is 4. The van der Waals surface area contributed by atoms with Gasteiger partial charge in [-0.1, -0.05) is 202 Å². The van der Waals surface area contributed by atoms with Gasteiger partial charge in [0.1, 0.15) is 0 Å². The number of aromatic nitrogens is 4. The Morgan fingerprint density at radius 1 is 0.264 bits per heavy atom. The average molecular weight is 951 g/mol. The number of aromatic amines is 2. The highest BCUT2D eigenvalue weighted by Crippen LogP contribution is 2.39. The van der Waals surface area contributed by atoms with E-state index in [2.05, 4.69) is 183 Å². The molecule has 0 saturated carbocycles. The number of hydrogen-bond donors (Lipinski definition) is 2. The highest BCUT2D eigenvalue weighted by atomic mass is 14.8. The van der Waals surface area contributed by atoms with Crippen molar-refractivity contribution in [1.29, 1.82) is 0 Å². The maximum atomic E-state index is 5.61. The lowest BCUT2D eigenvalue weighted by atomic mass is 9.99. The van der Waals surface area contributed by atoms with E-state index < -0.39 is 0 Å². The standard InChI is InChI=1S/C68H78N4/c1-5-9-13-17-21-49-25-33-53(34-26-49)65-57-41-43-59(69-57)66(54-35-27-50(28-36-54)22-18-14-10-6-2)61-45-47-63(71-61)68(56-39-31-52(32-40-56)24-20-16-12-8-4)64-48-46-62(72-64)67(60-44-42-58(65)70-60)55-37-29-51(30-38-55)23-19-15-11-7-3/h25-48,69-70H,5-24H2,1-4H3. The van der Waals surface area contributed by atoms with Crippen molar-refractivity contribution in [3.63, 3.8) is 0 Å². The molecule has 5 heterocycles. The van der Waals surface area contributed by atoms with Crippen molar-refractivity contribution in [1.82, 2.24) is 19.9 Å². The Hall–Kier alpha value is -6.52. The molecule has 0 saturated heterocycles. The van der Waals surface area contributed by atoms with Crippen LogP contribution in [-0.2, 0) is 25.7 Å². The van der Waals surface area contributed by atoms with Crippen LogP contribution in [0.5, 0.6) is 0 Å². The molecule has 0 spiro atoms. The highest BCUT2D eigenvalue weighted by molar-refractivity contribution is 6.00. The topological polar surface area (TPSA) is 57.4 Å². The third-order valence-corrected chi connectivity index (χ3v) is 15.0. The van der Waals surface area contributed by atoms with E-state index in [0.717, 1.165) is 109 Å². The van der Waals surface area contributed by atoms with Gasteiger partial charge in [0.05, 0.1) is 22.8 Å². The summed E-state index contributed by atoms with van der Waals surface area (Å²) in [7, 11) is 0. The summed E-state index contributed by atoms with van der Waals surface area (Å²) in [5.41, 5.74) is 22.4. The van der Waals surface area contributed by atoms with Crippen LogP contribution < -0.4 is 0 Å². The summed E-state index contributed by atoms with van der Waals surface area (Å²) in [6.07, 6.45) is 33.4. The van der Waals surface area contributed by atoms with Crippen LogP contribution in [0.3, 0.4) is 0 Å². The Balaban J connectivity index is 1.27. The van der Waals surface area contributed by atoms with Crippen molar-refractivity contribution < 1.29 is 0 Å². The number of nitrogens with one attached hydrogen (secondary N) is 2. The van der Waals surface area contributed by atoms with Crippen LogP contribution in [0.2, 0.25) is 0 Å². The first-order valence-electron chi connectivity index (χ1n) is 28.1. The first-order valence-corrected chi connectivity index (χ1v) is 28.1. The summed E-state index contributed by atoms with van der Waals surface area (Å²) < 4.78 is 0. The molecule has 0 fully saturated rings. The normalized spacial score (nSPS) is 12.1. The van der Waals surface area contributed by atoms with Crippen LogP contribution in [-0.4, -0.2) is 19.9 Å². The zero-order chi connectivity index (χ0) is 49.5. The number of rotatable bonds is 24. The van der Waals surface area contributed by atoms with Gasteiger partial charge in [-0.2, -0.15) is 0 Å². The van der Waals surface area contributed by atoms with Crippen LogP contribution in [0.4, 0.5) is 0 Å². The van der Waals surface area contributed by atoms with E-state index in [1.54, 1.807) is 0 Å². The first kappa shape index (κ1) is 50.4. The number of hydrogen-bond acceptors (Lipinski definition) is 2. The van der Waals surface area contributed by atoms with E-state index in [0.29, 0.717) is 0 Å². The van der Waals surface area contributed by atoms with E-state index >= 15 is 0 Å². The smallest absolute Gasteiger partial charge is 0.0738 e. The second-order valence-electron chi connectivity index (χ2n) is 20.5. The Labute approximate surface area is 431 Å². The maximum absolute atomic E-state index is 5.61. The minimum atomic E-state index is 0.924. The van der Waals surface area contributed by atoms with Gasteiger partial charge in [-0.25, -0.2) is 9.97 Å². The summed E-state index contributed by atoms with van der Waals surface area (Å²) in [4.78, 5) is 19.2. The molecule has 0 unspecified atom stereocenters. The Morgan fingerprint density at radius 2 is 0.514 bits per heavy atom. The predicted molar refractivity (Wildman–Crippen MR) is 312 cm³/mol. The van der Waals surface area contributed by atoms with Gasteiger partial charge in [0.25, 0.3) is 0 Å². The van der Waals surface area contributed by atoms with Gasteiger partial charge in [0, 0.05) is 44.3 Å². The lowest BCUT2D eigenvalue weighted by Crippen LogP contribution is -1.92. The molecule has 8 bridgehead atoms. The van der Waals surface area contributed by atoms with Gasteiger partial charge in [0.15, 0.2) is 0 Å². The molecular weight excluding hydrogens is 873 g/mol. The van der Waals surface area contributed by atoms with Crippen molar-refractivity contribution in [2.45, 2.75) is 156 Å². The Morgan fingerprint density at radius 3 is 0.806 bits per heavy atom. The SMILES string of the molecule is CCCCCCc1ccc(-c2c3nc(c(-c4ccc(CCCCCC)cc4)c4ccc([nH]4)c(-c4ccc(CCCCCC)cc4)c4ccc([nH]4)c(-c4ccc(CCCCCC)cc4)c4nc2C=C4)C=C3)cc1. The van der Waals surface area contributed by atoms with Crippen molar-refractivity contribution in [2.75, 3.05) is 0 Å². The fraction of sp³-hybridized carbons (Fsp3) is 0.353. The largest absolute Gasteiger partial charge is 0.354 e. The molecule has 4 nitrogen and oxygen atoms in total. The van der Waals surface area contributed by atoms with Gasteiger partial charge in [-0.3, -0.25) is 0 Å². The van der Waals surface area contributed by atoms with E-state index in [4.69, 9.17) is 9.97 Å². The maximum Gasteiger partial charge on any atom is 0.0738 e. The Kier molecular flexibility index (Phi) is 17.7. The molecule has 4 aromatic carbocycles. The van der Waals surface area contributed by atoms with Crippen LogP contribution >= 0.6 is 0 Å². The van der Waals surface area contributed by atoms with Gasteiger partial charge >= 0.3 is 0 Å². The number of aryl methyl sites for hydroxylation is 4. The molecule has 4 heteroatoms. The Bertz CT molecular complexity index is 2930. The number of nitrogens with zero attached hydrogens (tertiary/aromatic N) is 2. The summed E-state index contributed by atoms with van der Waals surface area (Å²) in [5, 5.41) is 0. The minimum Gasteiger partial charge on any atom is -0.354 e. The van der Waals surface area contributed by atoms with Crippen molar-refractivity contribution in [2.24, 2.45) is 0 Å². The zero-order valence-corrected chi connectivity index (χ0v) is 43.9. The van der Waals surface area contributed by atoms with Crippen molar-refractivity contribution in [3.05, 3.63) is 166 Å². The van der Waals surface area contributed by atoms with E-state index in [-0.39, 0.29) is 0 Å². The molecule has 3 aromatic heterocycles. The molecule has 7 aromatic rings. The second kappa shape index (κ2) is 25.2. The molecule has 72 heavy (non-hydrogen) atoms. The lowest BCUT2D eigenvalue weighted by Gasteiger charge is -2.09. The molecule has 9 rings (SSSR count). The summed E-state index contributed by atoms with van der Waals surface area (Å²) in [6.45, 7) is 9.12. The summed E-state index contributed by atoms with van der Waals surface area (Å²) in [5.74, 6) is 0. The molecule has 2 N–H and O–H groups in total. The minimum absolute atomic E-state index is 0.924. The molecule has 0 radical (unpaired) electrons. The molecule has 2 aliphatic rings. The quantitative estimate of drug-likeness (QED) is 0.0593. The first-order chi connectivity index (χ1) is 35.5. The molecule has 0 aliphatic carbocycles. The van der Waals surface area contributed by atoms with Gasteiger partial charge in [-0.05, 0) is 144 Å². The average Bonchev–Trinajstić information content (AvgIpc) is 4.27. The van der Waals surface area contributed by atoms with E-state index in [9.17, 15) is 0 Å². The monoisotopic (exact) mass is 951 g/mol. The molecule has 0 atom stereocenters. The highest BCUT2D eigenvalue weighted by Gasteiger charge is 2.20. The number of unbranched alkanes of at least 4 members (excludes halogenated alkanes) is 12. The zero-order valence-electron chi connectivity index (χ0n) is 43.9. The molecule has 2 aliphatic heterocycles. The van der Waals surface area contributed by atoms with Crippen LogP contribution in [0.25, 0.3) is 90.9 Å². The third kappa shape index (κ3) is 12.4. The summed E-state index contributed by atoms with van der Waals surface area (Å²) >= 11 is 0. The molecule has 0 amide bonds. The molecular formula is C68H78N4. The van der Waals surface area contributed by atoms with Gasteiger partial charge < -0.3 is 9.97 Å². The van der Waals surface area contributed by atoms with Gasteiger partial charge in [-0.15, -0.1) is 0 Å². The van der Waals surface area contributed by atoms with Crippen molar-refractivity contribution >= 4 is 46.4 Å². The fourth-order valence-electron chi connectivity index (χ4n) is 10.8. The van der Waals surface area contributed by atoms with Gasteiger partial charge in [0.2, 0.25) is 0 Å². The molecule has 370 valence electrons. The van der Waals surface area contributed by atoms with Crippen LogP contribution in [0.1, 0.15) is 175 Å². The second-order valence-corrected chi connectivity index (χ2v) is 20.5.